The van der Waals surface area contributed by atoms with Crippen LogP contribution in [0.5, 0.6) is 0 Å². The Hall–Kier alpha value is -0.346. The smallest absolute Gasteiger partial charge is 0.0388 e. The van der Waals surface area contributed by atoms with Crippen LogP contribution in [0.15, 0.2) is 24.3 Å². The lowest BCUT2D eigenvalue weighted by Crippen LogP contribution is -2.10. The lowest BCUT2D eigenvalue weighted by Gasteiger charge is -2.07. The van der Waals surface area contributed by atoms with Crippen molar-refractivity contribution in [3.8, 4) is 0 Å². The molecule has 1 rings (SSSR count). The van der Waals surface area contributed by atoms with E-state index in [1.54, 1.807) is 0 Å². The third-order valence-electron chi connectivity index (χ3n) is 1.81. The van der Waals surface area contributed by atoms with Crippen LogP contribution in [0, 0.1) is 0 Å². The standard InChI is InChI=1S/C9H14Si.C3H10Si/c1-7(2)8-5-3-4-6-9(8)10;1-3(2)4/h3-7H,1-2,10H3;3H,1-2,4H3. The summed E-state index contributed by atoms with van der Waals surface area (Å²) in [5.41, 5.74) is 2.49. The van der Waals surface area contributed by atoms with Crippen molar-refractivity contribution in [3.63, 3.8) is 0 Å². The fraction of sp³-hybridized carbons (Fsp3) is 0.500. The molecule has 0 bridgehead atoms. The van der Waals surface area contributed by atoms with E-state index >= 15 is 0 Å². The highest BCUT2D eigenvalue weighted by Gasteiger charge is 1.99. The van der Waals surface area contributed by atoms with Crippen LogP contribution in [-0.4, -0.2) is 20.5 Å². The first-order valence-electron chi connectivity index (χ1n) is 5.50. The van der Waals surface area contributed by atoms with Crippen LogP contribution in [0.3, 0.4) is 0 Å². The summed E-state index contributed by atoms with van der Waals surface area (Å²) in [6.07, 6.45) is 0. The Balaban J connectivity index is 0.000000364. The maximum Gasteiger partial charge on any atom is 0.0388 e. The molecule has 0 radical (unpaired) electrons. The topological polar surface area (TPSA) is 0 Å². The van der Waals surface area contributed by atoms with Gasteiger partial charge in [0.05, 0.1) is 0 Å². The normalized spacial score (nSPS) is 10.4. The average Bonchev–Trinajstić information content (AvgIpc) is 2.03. The molecule has 0 saturated carbocycles. The molecule has 0 heterocycles. The van der Waals surface area contributed by atoms with Crippen LogP contribution in [0.25, 0.3) is 0 Å². The van der Waals surface area contributed by atoms with Crippen molar-refractivity contribution >= 4 is 25.7 Å². The van der Waals surface area contributed by atoms with Gasteiger partial charge in [0.15, 0.2) is 0 Å². The van der Waals surface area contributed by atoms with E-state index < -0.39 is 0 Å². The molecule has 80 valence electrons. The third-order valence-corrected chi connectivity index (χ3v) is 2.72. The van der Waals surface area contributed by atoms with Gasteiger partial charge in [-0.05, 0) is 11.5 Å². The molecule has 0 fully saturated rings. The van der Waals surface area contributed by atoms with Crippen molar-refractivity contribution in [2.45, 2.75) is 39.2 Å². The molecule has 0 aliphatic rings. The third kappa shape index (κ3) is 6.16. The SMILES string of the molecule is CC(C)[SiH3].CC(C)c1ccccc1[SiH3]. The van der Waals surface area contributed by atoms with E-state index in [1.807, 2.05) is 0 Å². The summed E-state index contributed by atoms with van der Waals surface area (Å²) in [7, 11) is 2.52. The summed E-state index contributed by atoms with van der Waals surface area (Å²) in [6.45, 7) is 8.95. The lowest BCUT2D eigenvalue weighted by atomic mass is 10.0. The van der Waals surface area contributed by atoms with Gasteiger partial charge in [-0.3, -0.25) is 0 Å². The van der Waals surface area contributed by atoms with Crippen LogP contribution < -0.4 is 5.19 Å². The molecule has 1 aromatic carbocycles. The van der Waals surface area contributed by atoms with Crippen LogP contribution in [0.2, 0.25) is 5.54 Å². The first-order chi connectivity index (χ1) is 6.45. The fourth-order valence-electron chi connectivity index (χ4n) is 1.23. The average molecular weight is 224 g/mol. The van der Waals surface area contributed by atoms with E-state index in [4.69, 9.17) is 0 Å². The molecule has 0 aromatic heterocycles. The summed E-state index contributed by atoms with van der Waals surface area (Å²) < 4.78 is 0. The van der Waals surface area contributed by atoms with Crippen LogP contribution in [-0.2, 0) is 0 Å². The zero-order chi connectivity index (χ0) is 11.1. The van der Waals surface area contributed by atoms with Gasteiger partial charge in [0.2, 0.25) is 0 Å². The second-order valence-corrected chi connectivity index (χ2v) is 8.13. The van der Waals surface area contributed by atoms with Gasteiger partial charge in [0.25, 0.3) is 0 Å². The Morgan fingerprint density at radius 3 is 1.71 bits per heavy atom. The molecular weight excluding hydrogens is 200 g/mol. The van der Waals surface area contributed by atoms with Gasteiger partial charge in [0, 0.05) is 20.5 Å². The van der Waals surface area contributed by atoms with Gasteiger partial charge in [-0.1, -0.05) is 62.7 Å². The molecule has 0 spiro atoms. The number of hydrogen-bond donors (Lipinski definition) is 0. The van der Waals surface area contributed by atoms with Crippen molar-refractivity contribution in [1.82, 2.24) is 0 Å². The molecule has 2 heteroatoms. The van der Waals surface area contributed by atoms with Gasteiger partial charge in [-0.25, -0.2) is 0 Å². The van der Waals surface area contributed by atoms with Crippen LogP contribution >= 0.6 is 0 Å². The van der Waals surface area contributed by atoms with Gasteiger partial charge < -0.3 is 0 Å². The number of benzene rings is 1. The molecule has 0 aliphatic heterocycles. The Kier molecular flexibility index (Phi) is 6.84. The van der Waals surface area contributed by atoms with Crippen molar-refractivity contribution in [1.29, 1.82) is 0 Å². The monoisotopic (exact) mass is 224 g/mol. The first kappa shape index (κ1) is 13.7. The summed E-state index contributed by atoms with van der Waals surface area (Å²) in [5.74, 6) is 0.689. The van der Waals surface area contributed by atoms with E-state index in [9.17, 15) is 0 Å². The zero-order valence-electron chi connectivity index (χ0n) is 10.5. The highest BCUT2D eigenvalue weighted by molar-refractivity contribution is 6.33. The largest absolute Gasteiger partial charge is 0.0674 e. The van der Waals surface area contributed by atoms with E-state index in [0.717, 1.165) is 5.54 Å². The van der Waals surface area contributed by atoms with Crippen LogP contribution in [0.1, 0.15) is 39.2 Å². The summed E-state index contributed by atoms with van der Waals surface area (Å²) in [4.78, 5) is 0. The van der Waals surface area contributed by atoms with Crippen molar-refractivity contribution < 1.29 is 0 Å². The molecule has 1 aromatic rings. The maximum absolute atomic E-state index is 2.25. The highest BCUT2D eigenvalue weighted by Crippen LogP contribution is 2.09. The zero-order valence-corrected chi connectivity index (χ0v) is 14.5. The van der Waals surface area contributed by atoms with E-state index in [1.165, 1.54) is 31.2 Å². The fourth-order valence-corrected chi connectivity index (χ4v) is 2.17. The maximum atomic E-state index is 2.25. The van der Waals surface area contributed by atoms with E-state index in [2.05, 4.69) is 52.0 Å². The van der Waals surface area contributed by atoms with Crippen molar-refractivity contribution in [2.75, 3.05) is 0 Å². The van der Waals surface area contributed by atoms with Gasteiger partial charge in [0.1, 0.15) is 0 Å². The Morgan fingerprint density at radius 2 is 1.43 bits per heavy atom. The molecule has 0 unspecified atom stereocenters. The number of rotatable bonds is 1. The summed E-state index contributed by atoms with van der Waals surface area (Å²) in [6, 6.07) is 8.69. The minimum absolute atomic E-state index is 0.689. The molecule has 0 saturated heterocycles. The molecule has 0 amide bonds. The summed E-state index contributed by atoms with van der Waals surface area (Å²) in [5, 5.41) is 1.54. The molecule has 0 N–H and O–H groups in total. The van der Waals surface area contributed by atoms with Crippen molar-refractivity contribution in [2.24, 2.45) is 0 Å². The second-order valence-electron chi connectivity index (χ2n) is 4.74. The Bertz CT molecular complexity index is 251. The second kappa shape index (κ2) is 7.01. The van der Waals surface area contributed by atoms with Crippen molar-refractivity contribution in [3.05, 3.63) is 29.8 Å². The first-order valence-corrected chi connectivity index (χ1v) is 7.66. The van der Waals surface area contributed by atoms with Gasteiger partial charge >= 0.3 is 0 Å². The van der Waals surface area contributed by atoms with E-state index in [0.29, 0.717) is 5.92 Å². The van der Waals surface area contributed by atoms with Gasteiger partial charge in [-0.15, -0.1) is 0 Å². The Labute approximate surface area is 95.0 Å². The van der Waals surface area contributed by atoms with E-state index in [-0.39, 0.29) is 0 Å². The lowest BCUT2D eigenvalue weighted by molar-refractivity contribution is 0.873. The van der Waals surface area contributed by atoms with Gasteiger partial charge in [-0.2, -0.15) is 0 Å². The minimum atomic E-state index is 0.689. The molecule has 0 atom stereocenters. The Morgan fingerprint density at radius 1 is 1.00 bits per heavy atom. The quantitative estimate of drug-likeness (QED) is 0.624. The minimum Gasteiger partial charge on any atom is -0.0674 e. The predicted octanol–water partition coefficient (Wildman–Crippen LogP) is 0.981. The highest BCUT2D eigenvalue weighted by atomic mass is 28.1. The molecular formula is C12H24Si2. The molecule has 0 aliphatic carbocycles. The van der Waals surface area contributed by atoms with Crippen LogP contribution in [0.4, 0.5) is 0 Å². The predicted molar refractivity (Wildman–Crippen MR) is 75.1 cm³/mol. The molecule has 14 heavy (non-hydrogen) atoms. The number of hydrogen-bond acceptors (Lipinski definition) is 0. The summed E-state index contributed by atoms with van der Waals surface area (Å²) >= 11 is 0. The molecule has 0 nitrogen and oxygen atoms in total.